The van der Waals surface area contributed by atoms with E-state index < -0.39 is 0 Å². The maximum Gasteiger partial charge on any atom is 0.206 e. The third-order valence-corrected chi connectivity index (χ3v) is 3.58. The summed E-state index contributed by atoms with van der Waals surface area (Å²) >= 11 is 0. The minimum absolute atomic E-state index is 0.374. The lowest BCUT2D eigenvalue weighted by Crippen LogP contribution is -2.45. The minimum Gasteiger partial charge on any atom is -0.353 e. The first-order valence-electron chi connectivity index (χ1n) is 5.93. The minimum atomic E-state index is 0.374. The Morgan fingerprint density at radius 1 is 1.33 bits per heavy atom. The van der Waals surface area contributed by atoms with Crippen molar-refractivity contribution in [2.45, 2.75) is 58.0 Å². The van der Waals surface area contributed by atoms with Gasteiger partial charge in [0.2, 0.25) is 5.96 Å². The van der Waals surface area contributed by atoms with Crippen LogP contribution in [0.5, 0.6) is 0 Å². The molecule has 0 aromatic heterocycles. The number of hydrazine groups is 1. The molecule has 4 heteroatoms. The number of aliphatic imine (C=N–C) groups is 1. The lowest BCUT2D eigenvalue weighted by molar-refractivity contribution is 0.596. The van der Waals surface area contributed by atoms with Crippen molar-refractivity contribution in [1.82, 2.24) is 10.7 Å². The predicted molar refractivity (Wildman–Crippen MR) is 62.3 cm³/mol. The molecule has 0 aliphatic heterocycles. The molecule has 2 fully saturated rings. The summed E-state index contributed by atoms with van der Waals surface area (Å²) < 4.78 is 0. The Labute approximate surface area is 91.7 Å². The van der Waals surface area contributed by atoms with Gasteiger partial charge in [-0.05, 0) is 24.7 Å². The third-order valence-electron chi connectivity index (χ3n) is 3.58. The number of hydrogen-bond acceptors (Lipinski definition) is 2. The second-order valence-electron chi connectivity index (χ2n) is 5.46. The molecule has 1 atom stereocenters. The van der Waals surface area contributed by atoms with E-state index in [9.17, 15) is 0 Å². The summed E-state index contributed by atoms with van der Waals surface area (Å²) in [4.78, 5) is 4.59. The Balaban J connectivity index is 1.86. The smallest absolute Gasteiger partial charge is 0.206 e. The second-order valence-corrected chi connectivity index (χ2v) is 5.46. The molecule has 0 radical (unpaired) electrons. The number of nitrogens with one attached hydrogen (secondary N) is 2. The summed E-state index contributed by atoms with van der Waals surface area (Å²) in [6, 6.07) is 1.01. The summed E-state index contributed by atoms with van der Waals surface area (Å²) in [5.74, 6) is 6.25. The van der Waals surface area contributed by atoms with Crippen molar-refractivity contribution in [2.24, 2.45) is 16.3 Å². The van der Waals surface area contributed by atoms with Crippen LogP contribution in [0.15, 0.2) is 4.99 Å². The molecule has 0 bridgehead atoms. The van der Waals surface area contributed by atoms with Crippen molar-refractivity contribution in [1.29, 1.82) is 0 Å². The standard InChI is InChI=1S/C11H22N4/c1-11(2)7-9(11)14-10(15-12)13-8-5-3-4-6-8/h8-9H,3-7,12H2,1-2H3,(H2,13,14,15). The molecule has 2 aliphatic carbocycles. The van der Waals surface area contributed by atoms with Gasteiger partial charge < -0.3 is 5.32 Å². The van der Waals surface area contributed by atoms with Crippen LogP contribution in [0.25, 0.3) is 0 Å². The Bertz CT molecular complexity index is 253. The summed E-state index contributed by atoms with van der Waals surface area (Å²) in [5, 5.41) is 3.39. The molecule has 0 aromatic rings. The van der Waals surface area contributed by atoms with Gasteiger partial charge in [-0.15, -0.1) is 0 Å². The molecule has 15 heavy (non-hydrogen) atoms. The molecule has 0 aromatic carbocycles. The number of nitrogens with zero attached hydrogens (tertiary/aromatic N) is 1. The van der Waals surface area contributed by atoms with Gasteiger partial charge >= 0.3 is 0 Å². The van der Waals surface area contributed by atoms with E-state index in [-0.39, 0.29) is 0 Å². The Kier molecular flexibility index (Phi) is 2.87. The van der Waals surface area contributed by atoms with E-state index in [0.29, 0.717) is 17.5 Å². The lowest BCUT2D eigenvalue weighted by Gasteiger charge is -2.15. The van der Waals surface area contributed by atoms with Crippen LogP contribution < -0.4 is 16.6 Å². The molecule has 0 saturated heterocycles. The molecule has 0 spiro atoms. The molecule has 4 nitrogen and oxygen atoms in total. The van der Waals surface area contributed by atoms with Gasteiger partial charge in [-0.1, -0.05) is 26.7 Å². The van der Waals surface area contributed by atoms with Gasteiger partial charge in [0, 0.05) is 6.04 Å². The van der Waals surface area contributed by atoms with Gasteiger partial charge in [-0.2, -0.15) is 0 Å². The van der Waals surface area contributed by atoms with Crippen molar-refractivity contribution < 1.29 is 0 Å². The lowest BCUT2D eigenvalue weighted by atomic mass is 10.2. The van der Waals surface area contributed by atoms with E-state index in [1.807, 2.05) is 0 Å². The first-order valence-corrected chi connectivity index (χ1v) is 5.93. The van der Waals surface area contributed by atoms with Crippen LogP contribution in [0, 0.1) is 5.41 Å². The van der Waals surface area contributed by atoms with E-state index in [1.54, 1.807) is 0 Å². The number of rotatable bonds is 2. The molecular weight excluding hydrogens is 188 g/mol. The van der Waals surface area contributed by atoms with Gasteiger partial charge in [0.15, 0.2) is 0 Å². The van der Waals surface area contributed by atoms with Crippen molar-refractivity contribution in [2.75, 3.05) is 0 Å². The monoisotopic (exact) mass is 210 g/mol. The highest BCUT2D eigenvalue weighted by atomic mass is 15.3. The van der Waals surface area contributed by atoms with E-state index in [2.05, 4.69) is 29.6 Å². The maximum atomic E-state index is 5.47. The second kappa shape index (κ2) is 4.00. The van der Waals surface area contributed by atoms with Gasteiger partial charge in [-0.3, -0.25) is 5.43 Å². The fourth-order valence-electron chi connectivity index (χ4n) is 2.20. The number of hydrogen-bond donors (Lipinski definition) is 3. The van der Waals surface area contributed by atoms with Crippen LogP contribution in [0.2, 0.25) is 0 Å². The fourth-order valence-corrected chi connectivity index (χ4v) is 2.20. The normalized spacial score (nSPS) is 30.3. The highest BCUT2D eigenvalue weighted by molar-refractivity contribution is 5.80. The maximum absolute atomic E-state index is 5.47. The SMILES string of the molecule is CC1(C)CC1N=C(NN)NC1CCCC1. The zero-order valence-corrected chi connectivity index (χ0v) is 9.71. The fraction of sp³-hybridized carbons (Fsp3) is 0.909. The predicted octanol–water partition coefficient (Wildman–Crippen LogP) is 1.14. The molecule has 2 saturated carbocycles. The molecule has 86 valence electrons. The van der Waals surface area contributed by atoms with E-state index >= 15 is 0 Å². The first kappa shape index (κ1) is 10.7. The summed E-state index contributed by atoms with van der Waals surface area (Å²) in [6.07, 6.45) is 6.31. The zero-order valence-electron chi connectivity index (χ0n) is 9.71. The largest absolute Gasteiger partial charge is 0.353 e. The van der Waals surface area contributed by atoms with Gasteiger partial charge in [0.1, 0.15) is 0 Å². The van der Waals surface area contributed by atoms with Crippen molar-refractivity contribution in [3.8, 4) is 0 Å². The quantitative estimate of drug-likeness (QED) is 0.277. The van der Waals surface area contributed by atoms with Crippen molar-refractivity contribution in [3.05, 3.63) is 0 Å². The van der Waals surface area contributed by atoms with Gasteiger partial charge in [0.05, 0.1) is 6.04 Å². The summed E-state index contributed by atoms with van der Waals surface area (Å²) in [5.41, 5.74) is 3.05. The van der Waals surface area contributed by atoms with Crippen LogP contribution in [0.1, 0.15) is 46.0 Å². The summed E-state index contributed by atoms with van der Waals surface area (Å²) in [6.45, 7) is 4.48. The average Bonchev–Trinajstić information content (AvgIpc) is 2.65. The van der Waals surface area contributed by atoms with Crippen LogP contribution in [-0.4, -0.2) is 18.0 Å². The Morgan fingerprint density at radius 3 is 2.40 bits per heavy atom. The molecule has 1 unspecified atom stereocenters. The number of nitrogens with two attached hydrogens (primary N) is 1. The average molecular weight is 210 g/mol. The van der Waals surface area contributed by atoms with Crippen LogP contribution in [0.3, 0.4) is 0 Å². The van der Waals surface area contributed by atoms with Crippen molar-refractivity contribution >= 4 is 5.96 Å². The highest BCUT2D eigenvalue weighted by Crippen LogP contribution is 2.47. The van der Waals surface area contributed by atoms with E-state index in [4.69, 9.17) is 5.84 Å². The van der Waals surface area contributed by atoms with E-state index in [1.165, 1.54) is 32.1 Å². The first-order chi connectivity index (χ1) is 7.12. The number of guanidine groups is 1. The van der Waals surface area contributed by atoms with Crippen LogP contribution in [0.4, 0.5) is 0 Å². The summed E-state index contributed by atoms with van der Waals surface area (Å²) in [7, 11) is 0. The Morgan fingerprint density at radius 2 is 1.93 bits per heavy atom. The molecular formula is C11H22N4. The van der Waals surface area contributed by atoms with Crippen molar-refractivity contribution in [3.63, 3.8) is 0 Å². The Hall–Kier alpha value is -0.770. The highest BCUT2D eigenvalue weighted by Gasteiger charge is 2.46. The molecule has 0 heterocycles. The van der Waals surface area contributed by atoms with Crippen LogP contribution in [-0.2, 0) is 0 Å². The van der Waals surface area contributed by atoms with Gasteiger partial charge in [0.25, 0.3) is 0 Å². The zero-order chi connectivity index (χ0) is 10.9. The molecule has 0 amide bonds. The van der Waals surface area contributed by atoms with Gasteiger partial charge in [-0.25, -0.2) is 10.8 Å². The molecule has 2 rings (SSSR count). The molecule has 4 N–H and O–H groups in total. The third kappa shape index (κ3) is 2.62. The molecule has 2 aliphatic rings. The van der Waals surface area contributed by atoms with Crippen LogP contribution >= 0.6 is 0 Å². The topological polar surface area (TPSA) is 62.4 Å². The van der Waals surface area contributed by atoms with E-state index in [0.717, 1.165) is 5.96 Å².